The van der Waals surface area contributed by atoms with E-state index in [0.29, 0.717) is 0 Å². The van der Waals surface area contributed by atoms with Crippen LogP contribution in [0.3, 0.4) is 0 Å². The summed E-state index contributed by atoms with van der Waals surface area (Å²) in [7, 11) is 0. The van der Waals surface area contributed by atoms with Gasteiger partial charge in [-0.15, -0.1) is 0 Å². The second-order valence-electron chi connectivity index (χ2n) is 3.81. The first-order chi connectivity index (χ1) is 10.4. The van der Waals surface area contributed by atoms with Crippen molar-refractivity contribution < 1.29 is 14.7 Å². The smallest absolute Gasteiger partial charge is 0.356 e. The number of hydrogen-bond acceptors (Lipinski definition) is 6. The molecule has 3 aromatic rings. The van der Waals surface area contributed by atoms with Crippen LogP contribution in [-0.2, 0) is 0 Å². The van der Waals surface area contributed by atoms with Crippen LogP contribution in [0.5, 0.6) is 0 Å². The zero-order valence-electron chi connectivity index (χ0n) is 11.4. The van der Waals surface area contributed by atoms with Gasteiger partial charge in [0.25, 0.3) is 16.4 Å². The molecule has 10 heteroatoms. The number of fused-ring (bicyclic) bond motifs is 2. The predicted molar refractivity (Wildman–Crippen MR) is 76.2 cm³/mol. The first kappa shape index (κ1) is 15.6. The van der Waals surface area contributed by atoms with Gasteiger partial charge in [-0.2, -0.15) is 0 Å². The van der Waals surface area contributed by atoms with Gasteiger partial charge in [0.2, 0.25) is 0 Å². The van der Waals surface area contributed by atoms with Crippen molar-refractivity contribution in [2.24, 2.45) is 0 Å². The number of hydrogen-bond donors (Lipinski definition) is 1. The number of aromatic carboxylic acids is 1. The number of imidazole rings is 2. The van der Waals surface area contributed by atoms with E-state index in [1.54, 1.807) is 0 Å². The highest BCUT2D eigenvalue weighted by Crippen LogP contribution is 2.09. The van der Waals surface area contributed by atoms with Crippen molar-refractivity contribution in [2.45, 2.75) is 13.8 Å². The summed E-state index contributed by atoms with van der Waals surface area (Å²) >= 11 is 5.28. The highest BCUT2D eigenvalue weighted by molar-refractivity contribution is 6.68. The number of aromatic nitrogens is 4. The largest absolute Gasteiger partial charge is 0.476 e. The Kier molecular flexibility index (Phi) is 3.91. The lowest BCUT2D eigenvalue weighted by molar-refractivity contribution is 0.0693. The Bertz CT molecular complexity index is 924. The Balaban J connectivity index is 0.000000847. The molecular weight excluding hydrogens is 316 g/mol. The Morgan fingerprint density at radius 1 is 1.00 bits per heavy atom. The molecule has 0 saturated heterocycles. The minimum absolute atomic E-state index is 0.322. The lowest BCUT2D eigenvalue weighted by Gasteiger charge is -1.96. The molecule has 0 aliphatic heterocycles. The maximum atomic E-state index is 12.2. The molecule has 0 fully saturated rings. The molecule has 0 bridgehead atoms. The highest BCUT2D eigenvalue weighted by atomic mass is 35.5. The first-order valence-electron chi connectivity index (χ1n) is 6.10. The average molecular weight is 325 g/mol. The molecule has 22 heavy (non-hydrogen) atoms. The molecule has 0 saturated carbocycles. The average Bonchev–Trinajstić information content (AvgIpc) is 3.11. The number of carbonyl (C=O) groups is 2. The number of carbonyl (C=O) groups excluding carboxylic acids is 1. The minimum atomic E-state index is -1.45. The summed E-state index contributed by atoms with van der Waals surface area (Å²) in [4.78, 5) is 53.6. The molecule has 3 rings (SSSR count). The van der Waals surface area contributed by atoms with Gasteiger partial charge in [-0.3, -0.25) is 23.2 Å². The van der Waals surface area contributed by atoms with E-state index < -0.39 is 33.5 Å². The molecule has 0 amide bonds. The van der Waals surface area contributed by atoms with E-state index >= 15 is 0 Å². The molecule has 0 unspecified atom stereocenters. The van der Waals surface area contributed by atoms with Gasteiger partial charge in [-0.05, 0) is 11.6 Å². The van der Waals surface area contributed by atoms with Gasteiger partial charge in [-0.1, -0.05) is 13.8 Å². The van der Waals surface area contributed by atoms with Crippen molar-refractivity contribution in [3.8, 4) is 0 Å². The Morgan fingerprint density at radius 3 is 1.82 bits per heavy atom. The number of carboxylic acids is 1. The van der Waals surface area contributed by atoms with Crippen molar-refractivity contribution in [3.05, 3.63) is 44.8 Å². The van der Waals surface area contributed by atoms with E-state index in [1.165, 1.54) is 0 Å². The summed E-state index contributed by atoms with van der Waals surface area (Å²) < 4.78 is 1.54. The standard InChI is InChI=1S/C10H3ClN4O5.C2H6/c11-7(16)3-5-8(17)15-2-13-4(10(19)20)6(15)9(18)14(5)1-12-3;1-2/h1-2H,(H,19,20);1-2H3. The molecule has 114 valence electrons. The van der Waals surface area contributed by atoms with Gasteiger partial charge in [0.05, 0.1) is 0 Å². The highest BCUT2D eigenvalue weighted by Gasteiger charge is 2.23. The van der Waals surface area contributed by atoms with E-state index in [1.807, 2.05) is 13.8 Å². The third-order valence-corrected chi connectivity index (χ3v) is 2.95. The van der Waals surface area contributed by atoms with Crippen LogP contribution in [0, 0.1) is 0 Å². The fourth-order valence-corrected chi connectivity index (χ4v) is 2.08. The summed E-state index contributed by atoms with van der Waals surface area (Å²) in [6.07, 6.45) is 1.84. The van der Waals surface area contributed by atoms with Crippen LogP contribution in [0.15, 0.2) is 22.2 Å². The Labute approximate surface area is 126 Å². The summed E-state index contributed by atoms with van der Waals surface area (Å²) in [6.45, 7) is 4.00. The molecule has 3 heterocycles. The summed E-state index contributed by atoms with van der Waals surface area (Å²) in [5, 5.41) is 7.94. The topological polar surface area (TPSA) is 123 Å². The third kappa shape index (κ3) is 2.02. The number of rotatable bonds is 2. The van der Waals surface area contributed by atoms with Crippen molar-refractivity contribution in [3.63, 3.8) is 0 Å². The van der Waals surface area contributed by atoms with Gasteiger partial charge in [0.15, 0.2) is 11.4 Å². The molecule has 9 nitrogen and oxygen atoms in total. The van der Waals surface area contributed by atoms with Crippen LogP contribution >= 0.6 is 11.6 Å². The van der Waals surface area contributed by atoms with Crippen molar-refractivity contribution in [1.82, 2.24) is 18.8 Å². The van der Waals surface area contributed by atoms with Gasteiger partial charge in [-0.25, -0.2) is 14.8 Å². The molecule has 0 radical (unpaired) electrons. The predicted octanol–water partition coefficient (Wildman–Crippen LogP) is 0.244. The zero-order chi connectivity index (χ0) is 16.6. The molecule has 1 N–H and O–H groups in total. The van der Waals surface area contributed by atoms with Crippen molar-refractivity contribution in [2.75, 3.05) is 0 Å². The van der Waals surface area contributed by atoms with E-state index in [0.717, 1.165) is 21.5 Å². The maximum absolute atomic E-state index is 12.2. The Morgan fingerprint density at radius 2 is 1.41 bits per heavy atom. The molecule has 0 aliphatic carbocycles. The molecule has 0 atom stereocenters. The van der Waals surface area contributed by atoms with Crippen LogP contribution < -0.4 is 11.1 Å². The fourth-order valence-electron chi connectivity index (χ4n) is 1.94. The second kappa shape index (κ2) is 5.53. The van der Waals surface area contributed by atoms with Gasteiger partial charge in [0.1, 0.15) is 23.7 Å². The molecule has 3 aromatic heterocycles. The molecule has 0 aliphatic rings. The van der Waals surface area contributed by atoms with Crippen LogP contribution in [-0.4, -0.2) is 35.1 Å². The number of carboxylic acid groups (broad SMARTS) is 1. The maximum Gasteiger partial charge on any atom is 0.356 e. The van der Waals surface area contributed by atoms with Crippen LogP contribution in [0.25, 0.3) is 11.0 Å². The van der Waals surface area contributed by atoms with Gasteiger partial charge in [0, 0.05) is 0 Å². The SMILES string of the molecule is CC.O=C(O)c1ncn2c(=O)c3c(C(=O)Cl)ncn3c(=O)c12. The summed E-state index contributed by atoms with van der Waals surface area (Å²) in [5.74, 6) is -1.45. The van der Waals surface area contributed by atoms with Crippen LogP contribution in [0.4, 0.5) is 0 Å². The van der Waals surface area contributed by atoms with E-state index in [-0.39, 0.29) is 11.2 Å². The number of nitrogens with zero attached hydrogens (tertiary/aromatic N) is 4. The van der Waals surface area contributed by atoms with Gasteiger partial charge < -0.3 is 5.11 Å². The number of halogens is 1. The zero-order valence-corrected chi connectivity index (χ0v) is 12.2. The first-order valence-corrected chi connectivity index (χ1v) is 6.48. The monoisotopic (exact) mass is 324 g/mol. The fraction of sp³-hybridized carbons (Fsp3) is 0.167. The van der Waals surface area contributed by atoms with Gasteiger partial charge >= 0.3 is 5.97 Å². The minimum Gasteiger partial charge on any atom is -0.476 e. The quantitative estimate of drug-likeness (QED) is 0.670. The van der Waals surface area contributed by atoms with Crippen molar-refractivity contribution in [1.29, 1.82) is 0 Å². The molecule has 0 aromatic carbocycles. The molecular formula is C12H9ClN4O5. The summed E-state index contributed by atoms with van der Waals surface area (Å²) in [6, 6.07) is 0. The Hall–Kier alpha value is -2.81. The van der Waals surface area contributed by atoms with Crippen molar-refractivity contribution >= 4 is 33.8 Å². The third-order valence-electron chi connectivity index (χ3n) is 2.77. The second-order valence-corrected chi connectivity index (χ2v) is 4.16. The lowest BCUT2D eigenvalue weighted by atomic mass is 10.3. The van der Waals surface area contributed by atoms with E-state index in [4.69, 9.17) is 16.7 Å². The van der Waals surface area contributed by atoms with E-state index in [2.05, 4.69) is 9.97 Å². The van der Waals surface area contributed by atoms with Crippen LogP contribution in [0.2, 0.25) is 0 Å². The van der Waals surface area contributed by atoms with Crippen LogP contribution in [0.1, 0.15) is 34.8 Å². The molecule has 0 spiro atoms. The lowest BCUT2D eigenvalue weighted by Crippen LogP contribution is -2.26. The van der Waals surface area contributed by atoms with E-state index in [9.17, 15) is 19.2 Å². The normalized spacial score (nSPS) is 10.5. The summed E-state index contributed by atoms with van der Waals surface area (Å²) in [5.41, 5.74) is -3.28.